The van der Waals surface area contributed by atoms with Crippen LogP contribution in [0, 0.1) is 5.92 Å². The number of carbonyl (C=O) groups is 1. The van der Waals surface area contributed by atoms with Gasteiger partial charge in [-0.15, -0.1) is 0 Å². The molecule has 120 valence electrons. The molecule has 1 unspecified atom stereocenters. The third-order valence-electron chi connectivity index (χ3n) is 4.51. The summed E-state index contributed by atoms with van der Waals surface area (Å²) in [6, 6.07) is 5.46. The summed E-state index contributed by atoms with van der Waals surface area (Å²) in [5.74, 6) is 0.216. The summed E-state index contributed by atoms with van der Waals surface area (Å²) in [6.45, 7) is 2.24. The minimum Gasteiger partial charge on any atom is -0.316 e. The zero-order valence-electron chi connectivity index (χ0n) is 12.8. The molecule has 1 saturated heterocycles. The maximum atomic E-state index is 12.6. The Balaban J connectivity index is 1.89. The lowest BCUT2D eigenvalue weighted by Gasteiger charge is -2.30. The number of aryl methyl sites for hydroxylation is 1. The summed E-state index contributed by atoms with van der Waals surface area (Å²) in [6.07, 6.45) is 4.81. The van der Waals surface area contributed by atoms with E-state index in [2.05, 4.69) is 5.32 Å². The molecule has 1 aromatic rings. The van der Waals surface area contributed by atoms with Gasteiger partial charge in [0, 0.05) is 24.6 Å². The summed E-state index contributed by atoms with van der Waals surface area (Å²) in [4.78, 5) is 12.6. The van der Waals surface area contributed by atoms with E-state index >= 15 is 0 Å². The Morgan fingerprint density at radius 2 is 2.14 bits per heavy atom. The van der Waals surface area contributed by atoms with Crippen molar-refractivity contribution in [2.24, 2.45) is 5.92 Å². The van der Waals surface area contributed by atoms with Crippen molar-refractivity contribution < 1.29 is 13.2 Å². The second-order valence-electron chi connectivity index (χ2n) is 6.19. The predicted molar refractivity (Wildman–Crippen MR) is 86.9 cm³/mol. The molecule has 0 saturated carbocycles. The number of rotatable bonds is 3. The lowest BCUT2D eigenvalue weighted by Crippen LogP contribution is -2.35. The van der Waals surface area contributed by atoms with Crippen LogP contribution in [-0.4, -0.2) is 40.1 Å². The zero-order chi connectivity index (χ0) is 15.7. The number of sulfonamides is 1. The van der Waals surface area contributed by atoms with Crippen LogP contribution in [0.1, 0.15) is 35.2 Å². The molecule has 6 heteroatoms. The monoisotopic (exact) mass is 322 g/mol. The fraction of sp³-hybridized carbons (Fsp3) is 0.562. The van der Waals surface area contributed by atoms with E-state index in [0.717, 1.165) is 50.0 Å². The first-order valence-electron chi connectivity index (χ1n) is 7.82. The SMILES string of the molecule is CS(=O)(=O)N1CCCc2cc(C(=O)C3CCCNC3)ccc21. The van der Waals surface area contributed by atoms with Crippen LogP contribution in [0.2, 0.25) is 0 Å². The van der Waals surface area contributed by atoms with E-state index in [0.29, 0.717) is 12.1 Å². The van der Waals surface area contributed by atoms with Gasteiger partial charge in [0.2, 0.25) is 10.0 Å². The lowest BCUT2D eigenvalue weighted by atomic mass is 9.89. The van der Waals surface area contributed by atoms with Gasteiger partial charge in [0.1, 0.15) is 0 Å². The summed E-state index contributed by atoms with van der Waals surface area (Å²) >= 11 is 0. The number of ketones is 1. The summed E-state index contributed by atoms with van der Waals surface area (Å²) in [7, 11) is -3.25. The van der Waals surface area contributed by atoms with E-state index in [1.54, 1.807) is 12.1 Å². The predicted octanol–water partition coefficient (Wildman–Crippen LogP) is 1.58. The molecule has 0 aromatic heterocycles. The minimum atomic E-state index is -3.25. The molecule has 1 atom stereocenters. The van der Waals surface area contributed by atoms with E-state index in [-0.39, 0.29) is 11.7 Å². The smallest absolute Gasteiger partial charge is 0.232 e. The second-order valence-corrected chi connectivity index (χ2v) is 8.10. The van der Waals surface area contributed by atoms with E-state index < -0.39 is 10.0 Å². The summed E-state index contributed by atoms with van der Waals surface area (Å²) in [5, 5.41) is 3.27. The number of hydrogen-bond donors (Lipinski definition) is 1. The molecule has 1 aromatic carbocycles. The first kappa shape index (κ1) is 15.5. The Labute approximate surface area is 131 Å². The fourth-order valence-corrected chi connectivity index (χ4v) is 4.37. The van der Waals surface area contributed by atoms with Crippen LogP contribution in [0.15, 0.2) is 18.2 Å². The molecule has 0 radical (unpaired) electrons. The minimum absolute atomic E-state index is 0.0430. The third-order valence-corrected chi connectivity index (χ3v) is 5.69. The Morgan fingerprint density at radius 3 is 2.82 bits per heavy atom. The topological polar surface area (TPSA) is 66.5 Å². The summed E-state index contributed by atoms with van der Waals surface area (Å²) < 4.78 is 25.2. The molecule has 3 rings (SSSR count). The van der Waals surface area contributed by atoms with Crippen molar-refractivity contribution in [1.29, 1.82) is 0 Å². The van der Waals surface area contributed by atoms with Crippen LogP contribution in [0.3, 0.4) is 0 Å². The second kappa shape index (κ2) is 6.01. The highest BCUT2D eigenvalue weighted by Gasteiger charge is 2.27. The van der Waals surface area contributed by atoms with Gasteiger partial charge in [0.15, 0.2) is 5.78 Å². The van der Waals surface area contributed by atoms with E-state index in [9.17, 15) is 13.2 Å². The number of Topliss-reactive ketones (excluding diaryl/α,β-unsaturated/α-hetero) is 1. The Hall–Kier alpha value is -1.40. The molecule has 1 fully saturated rings. The molecule has 0 spiro atoms. The number of anilines is 1. The standard InChI is InChI=1S/C16H22N2O3S/c1-22(20,21)18-9-3-5-12-10-13(6-7-15(12)18)16(19)14-4-2-8-17-11-14/h6-7,10,14,17H,2-5,8-9,11H2,1H3. The van der Waals surface area contributed by atoms with Gasteiger partial charge in [-0.05, 0) is 56.0 Å². The highest BCUT2D eigenvalue weighted by Crippen LogP contribution is 2.30. The normalized spacial score (nSPS) is 22.2. The molecule has 0 amide bonds. The highest BCUT2D eigenvalue weighted by molar-refractivity contribution is 7.92. The first-order valence-corrected chi connectivity index (χ1v) is 9.67. The highest BCUT2D eigenvalue weighted by atomic mass is 32.2. The van der Waals surface area contributed by atoms with Gasteiger partial charge in [-0.2, -0.15) is 0 Å². The lowest BCUT2D eigenvalue weighted by molar-refractivity contribution is 0.0899. The van der Waals surface area contributed by atoms with Crippen molar-refractivity contribution in [3.63, 3.8) is 0 Å². The van der Waals surface area contributed by atoms with Crippen molar-refractivity contribution in [1.82, 2.24) is 5.32 Å². The molecule has 2 aliphatic heterocycles. The van der Waals surface area contributed by atoms with Gasteiger partial charge >= 0.3 is 0 Å². The van der Waals surface area contributed by atoms with Gasteiger partial charge in [0.05, 0.1) is 11.9 Å². The van der Waals surface area contributed by atoms with Crippen LogP contribution in [0.4, 0.5) is 5.69 Å². The fourth-order valence-electron chi connectivity index (χ4n) is 3.37. The van der Waals surface area contributed by atoms with Gasteiger partial charge in [0.25, 0.3) is 0 Å². The average molecular weight is 322 g/mol. The maximum Gasteiger partial charge on any atom is 0.232 e. The van der Waals surface area contributed by atoms with Crippen LogP contribution in [0.25, 0.3) is 0 Å². The Kier molecular flexibility index (Phi) is 4.23. The van der Waals surface area contributed by atoms with Crippen molar-refractivity contribution >= 4 is 21.5 Å². The van der Waals surface area contributed by atoms with Gasteiger partial charge in [-0.25, -0.2) is 8.42 Å². The van der Waals surface area contributed by atoms with E-state index in [4.69, 9.17) is 0 Å². The third kappa shape index (κ3) is 3.03. The molecule has 5 nitrogen and oxygen atoms in total. The number of hydrogen-bond acceptors (Lipinski definition) is 4. The van der Waals surface area contributed by atoms with E-state index in [1.165, 1.54) is 10.6 Å². The van der Waals surface area contributed by atoms with Crippen LogP contribution in [-0.2, 0) is 16.4 Å². The van der Waals surface area contributed by atoms with Crippen LogP contribution < -0.4 is 9.62 Å². The molecule has 2 aliphatic rings. The van der Waals surface area contributed by atoms with Crippen LogP contribution >= 0.6 is 0 Å². The van der Waals surface area contributed by atoms with Crippen molar-refractivity contribution in [3.05, 3.63) is 29.3 Å². The van der Waals surface area contributed by atoms with Gasteiger partial charge in [-0.1, -0.05) is 0 Å². The molecule has 2 heterocycles. The quantitative estimate of drug-likeness (QED) is 0.858. The molecular weight excluding hydrogens is 300 g/mol. The first-order chi connectivity index (χ1) is 10.5. The Morgan fingerprint density at radius 1 is 1.32 bits per heavy atom. The number of carbonyl (C=O) groups excluding carboxylic acids is 1. The molecular formula is C16H22N2O3S. The number of piperidine rings is 1. The molecule has 0 bridgehead atoms. The van der Waals surface area contributed by atoms with Crippen LogP contribution in [0.5, 0.6) is 0 Å². The zero-order valence-corrected chi connectivity index (χ0v) is 13.7. The molecule has 0 aliphatic carbocycles. The number of benzene rings is 1. The number of fused-ring (bicyclic) bond motifs is 1. The molecule has 22 heavy (non-hydrogen) atoms. The largest absolute Gasteiger partial charge is 0.316 e. The average Bonchev–Trinajstić information content (AvgIpc) is 2.53. The van der Waals surface area contributed by atoms with Gasteiger partial charge in [-0.3, -0.25) is 9.10 Å². The maximum absolute atomic E-state index is 12.6. The van der Waals surface area contributed by atoms with Crippen molar-refractivity contribution in [2.75, 3.05) is 30.2 Å². The van der Waals surface area contributed by atoms with Crippen molar-refractivity contribution in [2.45, 2.75) is 25.7 Å². The van der Waals surface area contributed by atoms with Gasteiger partial charge < -0.3 is 5.32 Å². The Bertz CT molecular complexity index is 679. The summed E-state index contributed by atoms with van der Waals surface area (Å²) in [5.41, 5.74) is 2.40. The molecule has 1 N–H and O–H groups in total. The van der Waals surface area contributed by atoms with Crippen molar-refractivity contribution in [3.8, 4) is 0 Å². The van der Waals surface area contributed by atoms with E-state index in [1.807, 2.05) is 6.07 Å². The number of nitrogens with zero attached hydrogens (tertiary/aromatic N) is 1. The number of nitrogens with one attached hydrogen (secondary N) is 1.